The Labute approximate surface area is 157 Å². The molecule has 3 aromatic rings. The van der Waals surface area contributed by atoms with E-state index in [4.69, 9.17) is 9.84 Å². The predicted octanol–water partition coefficient (Wildman–Crippen LogP) is 2.46. The zero-order chi connectivity index (χ0) is 19.1. The van der Waals surface area contributed by atoms with Crippen molar-refractivity contribution in [1.29, 1.82) is 0 Å². The Hall–Kier alpha value is -2.78. The molecule has 3 heterocycles. The van der Waals surface area contributed by atoms with E-state index in [2.05, 4.69) is 5.10 Å². The van der Waals surface area contributed by atoms with Gasteiger partial charge in [-0.25, -0.2) is 13.9 Å². The first-order valence-electron chi connectivity index (χ1n) is 8.33. The van der Waals surface area contributed by atoms with Crippen LogP contribution >= 0.6 is 11.3 Å². The van der Waals surface area contributed by atoms with Crippen LogP contribution in [0.1, 0.15) is 15.4 Å². The predicted molar refractivity (Wildman–Crippen MR) is 96.9 cm³/mol. The van der Waals surface area contributed by atoms with Crippen LogP contribution in [0, 0.1) is 12.7 Å². The highest BCUT2D eigenvalue weighted by Crippen LogP contribution is 2.31. The third-order valence-corrected chi connectivity index (χ3v) is 5.55. The lowest BCUT2D eigenvalue weighted by Gasteiger charge is -2.30. The third kappa shape index (κ3) is 3.19. The highest BCUT2D eigenvalue weighted by molar-refractivity contribution is 7.20. The van der Waals surface area contributed by atoms with E-state index in [1.165, 1.54) is 28.4 Å². The number of thiophene rings is 1. The number of carbonyl (C=O) groups is 2. The molecule has 1 aliphatic rings. The summed E-state index contributed by atoms with van der Waals surface area (Å²) in [5, 5.41) is 14.4. The molecule has 0 radical (unpaired) electrons. The minimum Gasteiger partial charge on any atom is -0.479 e. The number of ether oxygens (including phenoxy) is 1. The first-order chi connectivity index (χ1) is 12.9. The van der Waals surface area contributed by atoms with Crippen LogP contribution in [0.15, 0.2) is 30.3 Å². The fourth-order valence-corrected chi connectivity index (χ4v) is 4.20. The van der Waals surface area contributed by atoms with Crippen molar-refractivity contribution in [2.45, 2.75) is 13.0 Å². The van der Waals surface area contributed by atoms with E-state index >= 15 is 0 Å². The number of aryl methyl sites for hydroxylation is 1. The van der Waals surface area contributed by atoms with Crippen molar-refractivity contribution in [3.05, 3.63) is 46.7 Å². The molecule has 1 unspecified atom stereocenters. The first-order valence-corrected chi connectivity index (χ1v) is 9.14. The quantitative estimate of drug-likeness (QED) is 0.744. The van der Waals surface area contributed by atoms with Crippen LogP contribution in [0.5, 0.6) is 0 Å². The van der Waals surface area contributed by atoms with Crippen molar-refractivity contribution < 1.29 is 23.8 Å². The van der Waals surface area contributed by atoms with Crippen LogP contribution in [-0.2, 0) is 9.53 Å². The number of nitrogens with zero attached hydrogens (tertiary/aromatic N) is 3. The Bertz CT molecular complexity index is 1030. The van der Waals surface area contributed by atoms with E-state index in [1.807, 2.05) is 6.92 Å². The standard InChI is InChI=1S/C18H16FN3O4S/c1-10-13-8-15(16(23)21-6-7-26-14(9-21)18(24)25)27-17(13)22(20-10)12-4-2-11(19)3-5-12/h2-5,8,14H,6-7,9H2,1H3,(H,24,25). The second-order valence-electron chi connectivity index (χ2n) is 6.25. The van der Waals surface area contributed by atoms with Gasteiger partial charge in [-0.2, -0.15) is 5.10 Å². The molecule has 1 amide bonds. The lowest BCUT2D eigenvalue weighted by molar-refractivity contribution is -0.154. The van der Waals surface area contributed by atoms with Gasteiger partial charge in [-0.15, -0.1) is 11.3 Å². The number of benzene rings is 1. The number of aliphatic carboxylic acids is 1. The van der Waals surface area contributed by atoms with Crippen LogP contribution < -0.4 is 0 Å². The second kappa shape index (κ2) is 6.75. The third-order valence-electron chi connectivity index (χ3n) is 4.46. The highest BCUT2D eigenvalue weighted by Gasteiger charge is 2.30. The van der Waals surface area contributed by atoms with Crippen molar-refractivity contribution in [2.75, 3.05) is 19.7 Å². The average Bonchev–Trinajstić information content (AvgIpc) is 3.23. The molecule has 7 nitrogen and oxygen atoms in total. The van der Waals surface area contributed by atoms with Crippen LogP contribution in [-0.4, -0.2) is 57.5 Å². The Morgan fingerprint density at radius 3 is 2.78 bits per heavy atom. The zero-order valence-corrected chi connectivity index (χ0v) is 15.2. The van der Waals surface area contributed by atoms with Crippen molar-refractivity contribution >= 4 is 33.4 Å². The lowest BCUT2D eigenvalue weighted by Crippen LogP contribution is -2.48. The first kappa shape index (κ1) is 17.6. The molecule has 140 valence electrons. The number of carboxylic acid groups (broad SMARTS) is 1. The molecule has 0 aliphatic carbocycles. The van der Waals surface area contributed by atoms with Gasteiger partial charge in [0.1, 0.15) is 10.6 Å². The summed E-state index contributed by atoms with van der Waals surface area (Å²) in [6.45, 7) is 2.40. The molecule has 1 N–H and O–H groups in total. The lowest BCUT2D eigenvalue weighted by atomic mass is 10.2. The van der Waals surface area contributed by atoms with Crippen LogP contribution in [0.25, 0.3) is 15.9 Å². The number of fused-ring (bicyclic) bond motifs is 1. The summed E-state index contributed by atoms with van der Waals surface area (Å²) in [6.07, 6.45) is -1.01. The Morgan fingerprint density at radius 1 is 1.33 bits per heavy atom. The number of hydrogen-bond donors (Lipinski definition) is 1. The maximum absolute atomic E-state index is 13.2. The van der Waals surface area contributed by atoms with Gasteiger partial charge >= 0.3 is 5.97 Å². The number of morpholine rings is 1. The Balaban J connectivity index is 1.67. The average molecular weight is 389 g/mol. The molecule has 1 aromatic carbocycles. The maximum atomic E-state index is 13.2. The maximum Gasteiger partial charge on any atom is 0.334 e. The zero-order valence-electron chi connectivity index (χ0n) is 14.4. The summed E-state index contributed by atoms with van der Waals surface area (Å²) in [5.41, 5.74) is 1.46. The topological polar surface area (TPSA) is 84.7 Å². The van der Waals surface area contributed by atoms with Gasteiger partial charge in [0.15, 0.2) is 6.10 Å². The SMILES string of the molecule is Cc1nn(-c2ccc(F)cc2)c2sc(C(=O)N3CCOC(C(=O)O)C3)cc12. The minimum absolute atomic E-state index is 0.0193. The van der Waals surface area contributed by atoms with Gasteiger partial charge in [0, 0.05) is 11.9 Å². The van der Waals surface area contributed by atoms with Gasteiger partial charge in [-0.3, -0.25) is 4.79 Å². The van der Waals surface area contributed by atoms with E-state index in [0.29, 0.717) is 17.1 Å². The molecular formula is C18H16FN3O4S. The van der Waals surface area contributed by atoms with Crippen molar-refractivity contribution in [3.63, 3.8) is 0 Å². The van der Waals surface area contributed by atoms with Gasteiger partial charge in [-0.05, 0) is 37.3 Å². The van der Waals surface area contributed by atoms with Gasteiger partial charge < -0.3 is 14.7 Å². The van der Waals surface area contributed by atoms with Crippen molar-refractivity contribution in [2.24, 2.45) is 0 Å². The fourth-order valence-electron chi connectivity index (χ4n) is 3.05. The molecule has 1 saturated heterocycles. The molecule has 27 heavy (non-hydrogen) atoms. The number of aromatic nitrogens is 2. The van der Waals surface area contributed by atoms with E-state index in [-0.39, 0.29) is 24.9 Å². The molecule has 2 aromatic heterocycles. The highest BCUT2D eigenvalue weighted by atomic mass is 32.1. The van der Waals surface area contributed by atoms with Crippen LogP contribution in [0.2, 0.25) is 0 Å². The normalized spacial score (nSPS) is 17.4. The number of hydrogen-bond acceptors (Lipinski definition) is 5. The Morgan fingerprint density at radius 2 is 2.07 bits per heavy atom. The minimum atomic E-state index is -1.08. The van der Waals surface area contributed by atoms with Gasteiger partial charge in [0.2, 0.25) is 0 Å². The van der Waals surface area contributed by atoms with E-state index in [0.717, 1.165) is 15.9 Å². The largest absolute Gasteiger partial charge is 0.479 e. The summed E-state index contributed by atoms with van der Waals surface area (Å²) in [5.74, 6) is -1.64. The molecule has 1 aliphatic heterocycles. The molecule has 4 rings (SSSR count). The van der Waals surface area contributed by atoms with Gasteiger partial charge in [0.25, 0.3) is 5.91 Å². The molecular weight excluding hydrogens is 373 g/mol. The van der Waals surface area contributed by atoms with E-state index < -0.39 is 12.1 Å². The summed E-state index contributed by atoms with van der Waals surface area (Å²) >= 11 is 1.28. The van der Waals surface area contributed by atoms with Crippen LogP contribution in [0.3, 0.4) is 0 Å². The van der Waals surface area contributed by atoms with Gasteiger partial charge in [0.05, 0.1) is 29.4 Å². The summed E-state index contributed by atoms with van der Waals surface area (Å²) in [6, 6.07) is 7.74. The monoisotopic (exact) mass is 389 g/mol. The van der Waals surface area contributed by atoms with Crippen molar-refractivity contribution in [3.8, 4) is 5.69 Å². The summed E-state index contributed by atoms with van der Waals surface area (Å²) in [4.78, 5) is 26.8. The van der Waals surface area contributed by atoms with E-state index in [1.54, 1.807) is 22.9 Å². The Kier molecular flexibility index (Phi) is 4.40. The number of carboxylic acids is 1. The van der Waals surface area contributed by atoms with Crippen molar-refractivity contribution in [1.82, 2.24) is 14.7 Å². The number of carbonyl (C=O) groups excluding carboxylic acids is 1. The second-order valence-corrected chi connectivity index (χ2v) is 7.28. The summed E-state index contributed by atoms with van der Waals surface area (Å²) < 4.78 is 20.1. The summed E-state index contributed by atoms with van der Waals surface area (Å²) in [7, 11) is 0. The molecule has 0 saturated carbocycles. The molecule has 1 atom stereocenters. The number of halogens is 1. The molecule has 9 heteroatoms. The number of rotatable bonds is 3. The molecule has 1 fully saturated rings. The van der Waals surface area contributed by atoms with Gasteiger partial charge in [-0.1, -0.05) is 0 Å². The van der Waals surface area contributed by atoms with E-state index in [9.17, 15) is 14.0 Å². The fraction of sp³-hybridized carbons (Fsp3) is 0.278. The number of amides is 1. The smallest absolute Gasteiger partial charge is 0.334 e. The van der Waals surface area contributed by atoms with Crippen LogP contribution in [0.4, 0.5) is 4.39 Å². The molecule has 0 bridgehead atoms. The molecule has 0 spiro atoms.